The van der Waals surface area contributed by atoms with Crippen molar-refractivity contribution in [3.05, 3.63) is 0 Å². The Labute approximate surface area is 72.0 Å². The Kier molecular flexibility index (Phi) is 49.4. The van der Waals surface area contributed by atoms with Crippen molar-refractivity contribution in [1.82, 2.24) is 0 Å². The van der Waals surface area contributed by atoms with Crippen molar-refractivity contribution in [3.63, 3.8) is 0 Å². The van der Waals surface area contributed by atoms with Crippen LogP contribution in [0.4, 0.5) is 0 Å². The first-order valence-electron chi connectivity index (χ1n) is 1.92. The molecule has 0 atom stereocenters. The molecule has 0 heterocycles. The van der Waals surface area contributed by atoms with Gasteiger partial charge in [-0.1, -0.05) is 0 Å². The summed E-state index contributed by atoms with van der Waals surface area (Å²) in [7, 11) is 2.30. The molecule has 0 amide bonds. The molecule has 0 saturated carbocycles. The van der Waals surface area contributed by atoms with Crippen LogP contribution in [-0.4, -0.2) is 32.5 Å². The smallest absolute Gasteiger partial charge is 0.857 e. The molecular weight excluding hydrogens is 119 g/mol. The predicted octanol–water partition coefficient (Wildman–Crippen LogP) is -4.39. The van der Waals surface area contributed by atoms with E-state index in [2.05, 4.69) is 4.74 Å². The van der Waals surface area contributed by atoms with E-state index in [1.165, 1.54) is 0 Å². The van der Waals surface area contributed by atoms with Crippen LogP contribution in [0.3, 0.4) is 0 Å². The number of hydrogen-bond donors (Lipinski definition) is 1. The zero-order chi connectivity index (χ0) is 6.12. The van der Waals surface area contributed by atoms with Gasteiger partial charge in [0.25, 0.3) is 0 Å². The molecule has 0 spiro atoms. The van der Waals surface area contributed by atoms with Gasteiger partial charge < -0.3 is 14.9 Å². The van der Waals surface area contributed by atoms with Crippen molar-refractivity contribution in [3.8, 4) is 0 Å². The molecule has 0 aliphatic rings. The summed E-state index contributed by atoms with van der Waals surface area (Å²) in [5.74, 6) is 0. The summed E-state index contributed by atoms with van der Waals surface area (Å²) < 4.78 is 4.44. The van der Waals surface area contributed by atoms with Gasteiger partial charge >= 0.3 is 29.6 Å². The first kappa shape index (κ1) is 15.9. The largest absolute Gasteiger partial charge is 1.00 e. The minimum Gasteiger partial charge on any atom is -0.857 e. The molecule has 0 aromatic rings. The second-order valence-electron chi connectivity index (χ2n) is 0.716. The zero-order valence-corrected chi connectivity index (χ0v) is 7.68. The molecule has 0 bridgehead atoms. The number of methoxy groups -OCH3 is 1. The second kappa shape index (κ2) is 24.8. The van der Waals surface area contributed by atoms with Gasteiger partial charge in [-0.25, -0.2) is 0 Å². The van der Waals surface area contributed by atoms with E-state index in [-0.39, 0.29) is 36.2 Å². The fourth-order valence-corrected chi connectivity index (χ4v) is 0.0913. The second-order valence-corrected chi connectivity index (χ2v) is 0.716. The number of hydrogen-bond acceptors (Lipinski definition) is 3. The Morgan fingerprint density at radius 1 is 1.50 bits per heavy atom. The molecular formula is C4H11NaO3. The van der Waals surface area contributed by atoms with Crippen molar-refractivity contribution in [2.75, 3.05) is 27.4 Å². The zero-order valence-electron chi connectivity index (χ0n) is 5.68. The molecule has 1 N–H and O–H groups in total. The van der Waals surface area contributed by atoms with Gasteiger partial charge in [-0.3, -0.25) is 0 Å². The molecule has 0 saturated heterocycles. The van der Waals surface area contributed by atoms with Gasteiger partial charge in [0, 0.05) is 7.11 Å². The Hall–Kier alpha value is 0.880. The summed E-state index contributed by atoms with van der Waals surface area (Å²) in [6.07, 6.45) is 0. The van der Waals surface area contributed by atoms with E-state index in [0.29, 0.717) is 6.61 Å². The minimum absolute atomic E-state index is 0. The molecule has 0 unspecified atom stereocenters. The first-order chi connectivity index (χ1) is 3.41. The normalized spacial score (nSPS) is 6.00. The summed E-state index contributed by atoms with van der Waals surface area (Å²) >= 11 is 0. The standard InChI is InChI=1S/C3H8O2.CH3O.Na/c1-5-3-2-4;1-2;/h4H,2-3H2,1H3;1H3;/q;-1;+1. The summed E-state index contributed by atoms with van der Waals surface area (Å²) in [6.45, 7) is 0.566. The summed E-state index contributed by atoms with van der Waals surface area (Å²) in [4.78, 5) is 0. The molecule has 3 nitrogen and oxygen atoms in total. The van der Waals surface area contributed by atoms with E-state index in [0.717, 1.165) is 7.11 Å². The quantitative estimate of drug-likeness (QED) is 0.384. The van der Waals surface area contributed by atoms with Crippen LogP contribution in [0.1, 0.15) is 0 Å². The Bertz CT molecular complexity index is 18.8. The average Bonchev–Trinajstić information content (AvgIpc) is 1.75. The van der Waals surface area contributed by atoms with Gasteiger partial charge in [0.2, 0.25) is 0 Å². The van der Waals surface area contributed by atoms with E-state index in [1.54, 1.807) is 7.11 Å². The summed E-state index contributed by atoms with van der Waals surface area (Å²) in [5, 5.41) is 16.2. The van der Waals surface area contributed by atoms with E-state index < -0.39 is 0 Å². The van der Waals surface area contributed by atoms with Crippen LogP contribution in [-0.2, 0) is 4.74 Å². The van der Waals surface area contributed by atoms with Crippen LogP contribution in [0.2, 0.25) is 0 Å². The number of aliphatic hydroxyl groups excluding tert-OH is 1. The molecule has 46 valence electrons. The molecule has 4 heteroatoms. The van der Waals surface area contributed by atoms with Crippen LogP contribution < -0.4 is 34.7 Å². The van der Waals surface area contributed by atoms with Crippen molar-refractivity contribution in [2.45, 2.75) is 0 Å². The first-order valence-corrected chi connectivity index (χ1v) is 1.92. The van der Waals surface area contributed by atoms with Crippen molar-refractivity contribution >= 4 is 0 Å². The van der Waals surface area contributed by atoms with E-state index >= 15 is 0 Å². The molecule has 0 fully saturated rings. The average molecular weight is 130 g/mol. The fraction of sp³-hybridized carbons (Fsp3) is 1.00. The van der Waals surface area contributed by atoms with Crippen molar-refractivity contribution in [2.24, 2.45) is 0 Å². The third-order valence-electron chi connectivity index (χ3n) is 0.295. The number of aliphatic hydroxyl groups is 1. The summed E-state index contributed by atoms with van der Waals surface area (Å²) in [6, 6.07) is 0. The van der Waals surface area contributed by atoms with E-state index in [4.69, 9.17) is 10.2 Å². The van der Waals surface area contributed by atoms with Gasteiger partial charge in [-0.05, 0) is 0 Å². The van der Waals surface area contributed by atoms with Crippen LogP contribution in [0, 0.1) is 0 Å². The minimum atomic E-state index is 0. The van der Waals surface area contributed by atoms with E-state index in [1.807, 2.05) is 0 Å². The topological polar surface area (TPSA) is 52.5 Å². The van der Waals surface area contributed by atoms with Crippen LogP contribution in [0.5, 0.6) is 0 Å². The van der Waals surface area contributed by atoms with E-state index in [9.17, 15) is 0 Å². The third kappa shape index (κ3) is 28.7. The number of rotatable bonds is 2. The van der Waals surface area contributed by atoms with Crippen molar-refractivity contribution < 1.29 is 44.5 Å². The van der Waals surface area contributed by atoms with Crippen molar-refractivity contribution in [1.29, 1.82) is 0 Å². The Morgan fingerprint density at radius 2 is 1.88 bits per heavy atom. The van der Waals surface area contributed by atoms with Gasteiger partial charge in [0.15, 0.2) is 0 Å². The molecule has 0 aliphatic carbocycles. The number of ether oxygens (including phenoxy) is 1. The fourth-order valence-electron chi connectivity index (χ4n) is 0.0913. The maximum atomic E-state index is 8.25. The van der Waals surface area contributed by atoms with Gasteiger partial charge in [0.05, 0.1) is 13.2 Å². The van der Waals surface area contributed by atoms with Gasteiger partial charge in [-0.15, -0.1) is 0 Å². The maximum absolute atomic E-state index is 8.25. The van der Waals surface area contributed by atoms with Crippen LogP contribution in [0.25, 0.3) is 0 Å². The SMILES string of the molecule is COCCO.C[O-].[Na+]. The monoisotopic (exact) mass is 130 g/mol. The van der Waals surface area contributed by atoms with Gasteiger partial charge in [0.1, 0.15) is 0 Å². The van der Waals surface area contributed by atoms with Crippen LogP contribution in [0.15, 0.2) is 0 Å². The molecule has 0 aromatic carbocycles. The van der Waals surface area contributed by atoms with Gasteiger partial charge in [-0.2, -0.15) is 7.11 Å². The molecule has 0 aromatic heterocycles. The predicted molar refractivity (Wildman–Crippen MR) is 24.9 cm³/mol. The Balaban J connectivity index is -0.0000000750. The molecule has 0 radical (unpaired) electrons. The molecule has 0 aliphatic heterocycles. The van der Waals surface area contributed by atoms with Crippen LogP contribution >= 0.6 is 0 Å². The molecule has 0 rings (SSSR count). The summed E-state index contributed by atoms with van der Waals surface area (Å²) in [5.41, 5.74) is 0. The Morgan fingerprint density at radius 3 is 1.88 bits per heavy atom. The third-order valence-corrected chi connectivity index (χ3v) is 0.295. The molecule has 8 heavy (non-hydrogen) atoms. The maximum Gasteiger partial charge on any atom is 1.00 e.